The molecule has 0 radical (unpaired) electrons. The van der Waals surface area contributed by atoms with Crippen LogP contribution in [0.2, 0.25) is 0 Å². The van der Waals surface area contributed by atoms with Gasteiger partial charge in [-0.2, -0.15) is 11.8 Å². The maximum absolute atomic E-state index is 11.9. The molecule has 0 saturated carbocycles. The van der Waals surface area contributed by atoms with Gasteiger partial charge in [-0.1, -0.05) is 39.7 Å². The van der Waals surface area contributed by atoms with Crippen LogP contribution >= 0.6 is 11.8 Å². The molecule has 3 nitrogen and oxygen atoms in total. The number of unbranched alkanes of at least 4 members (excludes halogenated alkanes) is 1. The minimum atomic E-state index is -0.741. The normalized spacial score (nSPS) is 18.5. The van der Waals surface area contributed by atoms with Crippen LogP contribution in [0.25, 0.3) is 0 Å². The molecule has 0 aliphatic heterocycles. The molecule has 3 atom stereocenters. The zero-order chi connectivity index (χ0) is 16.5. The van der Waals surface area contributed by atoms with Crippen LogP contribution < -0.4 is 0 Å². The summed E-state index contributed by atoms with van der Waals surface area (Å²) in [5, 5.41) is 18.8. The molecule has 0 rings (SSSR count). The zero-order valence-electron chi connectivity index (χ0n) is 14.0. The van der Waals surface area contributed by atoms with Gasteiger partial charge in [0.1, 0.15) is 0 Å². The lowest BCUT2D eigenvalue weighted by molar-refractivity contribution is -0.152. The SMILES string of the molecule is C=CCC(C)(CC(C)(C(=O)O)C(C)CCCC)SCCO. The summed E-state index contributed by atoms with van der Waals surface area (Å²) < 4.78 is -0.196. The number of aliphatic hydroxyl groups excluding tert-OH is 1. The van der Waals surface area contributed by atoms with Gasteiger partial charge in [0.25, 0.3) is 0 Å². The lowest BCUT2D eigenvalue weighted by Gasteiger charge is -2.40. The number of allylic oxidation sites excluding steroid dienone is 1. The number of aliphatic carboxylic acids is 1. The van der Waals surface area contributed by atoms with Crippen molar-refractivity contribution in [3.63, 3.8) is 0 Å². The van der Waals surface area contributed by atoms with E-state index in [0.717, 1.165) is 25.7 Å². The first kappa shape index (κ1) is 20.5. The van der Waals surface area contributed by atoms with Crippen LogP contribution in [0.15, 0.2) is 12.7 Å². The van der Waals surface area contributed by atoms with Gasteiger partial charge in [-0.25, -0.2) is 0 Å². The van der Waals surface area contributed by atoms with Crippen molar-refractivity contribution in [1.82, 2.24) is 0 Å². The molecule has 0 bridgehead atoms. The third-order valence-corrected chi connectivity index (χ3v) is 5.82. The Balaban J connectivity index is 5.15. The average Bonchev–Trinajstić information content (AvgIpc) is 2.42. The predicted molar refractivity (Wildman–Crippen MR) is 91.8 cm³/mol. The molecule has 0 saturated heterocycles. The van der Waals surface area contributed by atoms with Crippen molar-refractivity contribution in [3.05, 3.63) is 12.7 Å². The number of carboxylic acids is 1. The summed E-state index contributed by atoms with van der Waals surface area (Å²) in [6.07, 6.45) is 6.28. The summed E-state index contributed by atoms with van der Waals surface area (Å²) in [4.78, 5) is 11.9. The highest BCUT2D eigenvalue weighted by atomic mass is 32.2. The summed E-state index contributed by atoms with van der Waals surface area (Å²) >= 11 is 1.65. The molecule has 4 heteroatoms. The third-order valence-electron chi connectivity index (χ3n) is 4.43. The minimum absolute atomic E-state index is 0.118. The van der Waals surface area contributed by atoms with Crippen molar-refractivity contribution >= 4 is 17.7 Å². The smallest absolute Gasteiger partial charge is 0.309 e. The Kier molecular flexibility index (Phi) is 9.30. The van der Waals surface area contributed by atoms with E-state index in [1.54, 1.807) is 11.8 Å². The topological polar surface area (TPSA) is 57.5 Å². The Bertz CT molecular complexity index is 332. The largest absolute Gasteiger partial charge is 0.481 e. The second-order valence-electron chi connectivity index (χ2n) is 6.46. The molecule has 0 heterocycles. The molecule has 21 heavy (non-hydrogen) atoms. The van der Waals surface area contributed by atoms with Gasteiger partial charge in [0.05, 0.1) is 12.0 Å². The first-order chi connectivity index (χ1) is 9.75. The predicted octanol–water partition coefficient (Wildman–Crippen LogP) is 4.35. The van der Waals surface area contributed by atoms with E-state index in [1.165, 1.54) is 0 Å². The molecule has 2 N–H and O–H groups in total. The highest BCUT2D eigenvalue weighted by Gasteiger charge is 2.44. The molecular formula is C17H32O3S. The fourth-order valence-electron chi connectivity index (χ4n) is 2.85. The summed E-state index contributed by atoms with van der Waals surface area (Å²) in [7, 11) is 0. The van der Waals surface area contributed by atoms with Crippen molar-refractivity contribution in [2.75, 3.05) is 12.4 Å². The number of hydrogen-bond donors (Lipinski definition) is 2. The first-order valence-corrected chi connectivity index (χ1v) is 8.83. The molecule has 0 aromatic carbocycles. The van der Waals surface area contributed by atoms with Gasteiger partial charge < -0.3 is 10.2 Å². The zero-order valence-corrected chi connectivity index (χ0v) is 14.8. The summed E-state index contributed by atoms with van der Waals surface area (Å²) in [5.41, 5.74) is -0.741. The molecule has 0 fully saturated rings. The van der Waals surface area contributed by atoms with Crippen LogP contribution in [0.3, 0.4) is 0 Å². The molecule has 0 aliphatic rings. The number of aliphatic hydroxyl groups is 1. The minimum Gasteiger partial charge on any atom is -0.481 e. The van der Waals surface area contributed by atoms with E-state index in [0.29, 0.717) is 12.2 Å². The van der Waals surface area contributed by atoms with E-state index < -0.39 is 11.4 Å². The average molecular weight is 317 g/mol. The highest BCUT2D eigenvalue weighted by Crippen LogP contribution is 2.45. The molecular weight excluding hydrogens is 284 g/mol. The number of thioether (sulfide) groups is 1. The van der Waals surface area contributed by atoms with Gasteiger partial charge >= 0.3 is 5.97 Å². The van der Waals surface area contributed by atoms with Crippen molar-refractivity contribution < 1.29 is 15.0 Å². The Morgan fingerprint density at radius 3 is 2.48 bits per heavy atom. The monoisotopic (exact) mass is 316 g/mol. The molecule has 0 aromatic heterocycles. The standard InChI is InChI=1S/C17H32O3S/c1-6-8-9-14(3)17(5,15(19)20)13-16(4,10-7-2)21-12-11-18/h7,14,18H,2,6,8-13H2,1,3-5H3,(H,19,20). The highest BCUT2D eigenvalue weighted by molar-refractivity contribution is 8.00. The van der Waals surface area contributed by atoms with Crippen LogP contribution in [0, 0.1) is 11.3 Å². The maximum Gasteiger partial charge on any atom is 0.309 e. The van der Waals surface area contributed by atoms with E-state index in [4.69, 9.17) is 5.11 Å². The van der Waals surface area contributed by atoms with E-state index >= 15 is 0 Å². The number of rotatable bonds is 12. The van der Waals surface area contributed by atoms with E-state index in [9.17, 15) is 9.90 Å². The number of hydrogen-bond acceptors (Lipinski definition) is 3. The quantitative estimate of drug-likeness (QED) is 0.525. The van der Waals surface area contributed by atoms with Crippen LogP contribution in [0.1, 0.15) is 59.8 Å². The molecule has 0 amide bonds. The fraction of sp³-hybridized carbons (Fsp3) is 0.824. The summed E-state index contributed by atoms with van der Waals surface area (Å²) in [6, 6.07) is 0. The van der Waals surface area contributed by atoms with Crippen LogP contribution in [-0.4, -0.2) is 33.3 Å². The number of carbonyl (C=O) groups is 1. The van der Waals surface area contributed by atoms with Crippen molar-refractivity contribution in [1.29, 1.82) is 0 Å². The summed E-state index contributed by atoms with van der Waals surface area (Å²) in [5.74, 6) is 0.0448. The maximum atomic E-state index is 11.9. The lowest BCUT2D eigenvalue weighted by Crippen LogP contribution is -2.41. The van der Waals surface area contributed by atoms with Crippen molar-refractivity contribution in [2.45, 2.75) is 64.5 Å². The summed E-state index contributed by atoms with van der Waals surface area (Å²) in [6.45, 7) is 12.1. The van der Waals surface area contributed by atoms with Crippen LogP contribution in [0.4, 0.5) is 0 Å². The molecule has 3 unspecified atom stereocenters. The first-order valence-electron chi connectivity index (χ1n) is 7.85. The van der Waals surface area contributed by atoms with Gasteiger partial charge in [-0.3, -0.25) is 4.79 Å². The van der Waals surface area contributed by atoms with Gasteiger partial charge in [-0.05, 0) is 32.1 Å². The van der Waals surface area contributed by atoms with Crippen molar-refractivity contribution in [2.24, 2.45) is 11.3 Å². The number of carboxylic acid groups (broad SMARTS) is 1. The Labute approximate surface area is 134 Å². The van der Waals surface area contributed by atoms with E-state index in [1.807, 2.05) is 13.0 Å². The molecule has 0 spiro atoms. The second kappa shape index (κ2) is 9.52. The van der Waals surface area contributed by atoms with Gasteiger partial charge in [0.15, 0.2) is 0 Å². The second-order valence-corrected chi connectivity index (χ2v) is 8.14. The van der Waals surface area contributed by atoms with Gasteiger partial charge in [0, 0.05) is 10.5 Å². The van der Waals surface area contributed by atoms with Crippen molar-refractivity contribution in [3.8, 4) is 0 Å². The van der Waals surface area contributed by atoms with E-state index in [2.05, 4.69) is 27.4 Å². The molecule has 124 valence electrons. The van der Waals surface area contributed by atoms with Crippen LogP contribution in [0.5, 0.6) is 0 Å². The third kappa shape index (κ3) is 6.43. The lowest BCUT2D eigenvalue weighted by atomic mass is 9.69. The van der Waals surface area contributed by atoms with Crippen LogP contribution in [-0.2, 0) is 4.79 Å². The Hall–Kier alpha value is -0.480. The van der Waals surface area contributed by atoms with E-state index in [-0.39, 0.29) is 17.3 Å². The van der Waals surface area contributed by atoms with Gasteiger partial charge in [0.2, 0.25) is 0 Å². The fourth-order valence-corrected chi connectivity index (χ4v) is 4.07. The Morgan fingerprint density at radius 1 is 1.43 bits per heavy atom. The molecule has 0 aromatic rings. The van der Waals surface area contributed by atoms with Gasteiger partial charge in [-0.15, -0.1) is 6.58 Å². The Morgan fingerprint density at radius 2 is 2.05 bits per heavy atom. The molecule has 0 aliphatic carbocycles.